The van der Waals surface area contributed by atoms with Crippen LogP contribution in [0.2, 0.25) is 0 Å². The first-order chi connectivity index (χ1) is 14.6. The second-order valence-corrected chi connectivity index (χ2v) is 8.97. The van der Waals surface area contributed by atoms with Crippen molar-refractivity contribution in [1.82, 2.24) is 15.0 Å². The molecule has 0 radical (unpaired) electrons. The van der Waals surface area contributed by atoms with Gasteiger partial charge in [-0.2, -0.15) is 4.98 Å². The van der Waals surface area contributed by atoms with Crippen LogP contribution in [0.4, 0.5) is 0 Å². The average molecular weight is 404 g/mol. The van der Waals surface area contributed by atoms with Gasteiger partial charge in [-0.25, -0.2) is 4.98 Å². The number of ether oxygens (including phenoxy) is 1. The van der Waals surface area contributed by atoms with Crippen molar-refractivity contribution in [1.29, 1.82) is 0 Å². The lowest BCUT2D eigenvalue weighted by molar-refractivity contribution is 0.121. The van der Waals surface area contributed by atoms with Crippen molar-refractivity contribution < 1.29 is 9.84 Å². The van der Waals surface area contributed by atoms with Gasteiger partial charge in [0.2, 0.25) is 5.88 Å². The number of aryl methyl sites for hydroxylation is 1. The normalized spacial score (nSPS) is 28.4. The minimum atomic E-state index is -0.167. The van der Waals surface area contributed by atoms with E-state index in [-0.39, 0.29) is 6.10 Å². The maximum atomic E-state index is 9.84. The Morgan fingerprint density at radius 3 is 2.67 bits per heavy atom. The van der Waals surface area contributed by atoms with Crippen molar-refractivity contribution in [2.75, 3.05) is 6.61 Å². The highest BCUT2D eigenvalue weighted by Gasteiger charge is 2.49. The van der Waals surface area contributed by atoms with Crippen LogP contribution in [0.3, 0.4) is 0 Å². The highest BCUT2D eigenvalue weighted by molar-refractivity contribution is 5.78. The van der Waals surface area contributed by atoms with Crippen LogP contribution in [0.15, 0.2) is 42.6 Å². The van der Waals surface area contributed by atoms with Gasteiger partial charge in [0.05, 0.1) is 18.2 Å². The summed E-state index contributed by atoms with van der Waals surface area (Å²) >= 11 is 0. The third kappa shape index (κ3) is 3.79. The Morgan fingerprint density at radius 2 is 1.83 bits per heavy atom. The van der Waals surface area contributed by atoms with Crippen LogP contribution in [0.5, 0.6) is 5.88 Å². The highest BCUT2D eigenvalue weighted by atomic mass is 16.5. The zero-order chi connectivity index (χ0) is 20.7. The third-order valence-corrected chi connectivity index (χ3v) is 6.97. The van der Waals surface area contributed by atoms with E-state index < -0.39 is 0 Å². The SMILES string of the molecule is Cc1ncc([C@H]2CC[C@@H](O)CC2)c(OC[C@H]2[C@@H](C)[C@H]2c2ccc3ccccc3n2)n1. The van der Waals surface area contributed by atoms with E-state index in [2.05, 4.69) is 41.2 Å². The molecule has 0 saturated heterocycles. The number of rotatable bonds is 5. The number of para-hydroxylation sites is 1. The molecule has 2 heterocycles. The summed E-state index contributed by atoms with van der Waals surface area (Å²) in [4.78, 5) is 13.9. The molecule has 0 aliphatic heterocycles. The molecule has 5 rings (SSSR count). The molecule has 2 saturated carbocycles. The molecule has 1 N–H and O–H groups in total. The third-order valence-electron chi connectivity index (χ3n) is 6.97. The lowest BCUT2D eigenvalue weighted by atomic mass is 9.83. The molecule has 3 aromatic rings. The number of hydrogen-bond acceptors (Lipinski definition) is 5. The van der Waals surface area contributed by atoms with E-state index in [4.69, 9.17) is 9.72 Å². The Labute approximate surface area is 177 Å². The molecule has 0 bridgehead atoms. The van der Waals surface area contributed by atoms with Crippen molar-refractivity contribution in [2.45, 2.75) is 57.5 Å². The van der Waals surface area contributed by atoms with Gasteiger partial charge >= 0.3 is 0 Å². The molecule has 2 fully saturated rings. The molecule has 30 heavy (non-hydrogen) atoms. The molecule has 2 aliphatic rings. The smallest absolute Gasteiger partial charge is 0.220 e. The van der Waals surface area contributed by atoms with E-state index >= 15 is 0 Å². The van der Waals surface area contributed by atoms with Gasteiger partial charge in [-0.1, -0.05) is 31.2 Å². The number of pyridine rings is 1. The molecule has 0 unspecified atom stereocenters. The van der Waals surface area contributed by atoms with Crippen molar-refractivity contribution in [3.8, 4) is 5.88 Å². The van der Waals surface area contributed by atoms with Crippen LogP contribution < -0.4 is 4.74 Å². The quantitative estimate of drug-likeness (QED) is 0.664. The molecule has 0 spiro atoms. The zero-order valence-electron chi connectivity index (χ0n) is 17.7. The lowest BCUT2D eigenvalue weighted by Crippen LogP contribution is -2.18. The molecule has 1 aromatic carbocycles. The molecule has 2 aliphatic carbocycles. The van der Waals surface area contributed by atoms with E-state index in [0.717, 1.165) is 54.2 Å². The first-order valence-electron chi connectivity index (χ1n) is 11.1. The Hall–Kier alpha value is -2.53. The number of benzene rings is 1. The number of aliphatic hydroxyl groups is 1. The Kier molecular flexibility index (Phi) is 5.15. The summed E-state index contributed by atoms with van der Waals surface area (Å²) in [5, 5.41) is 11.0. The molecule has 0 amide bonds. The Morgan fingerprint density at radius 1 is 1.03 bits per heavy atom. The average Bonchev–Trinajstić information content (AvgIpc) is 3.42. The lowest BCUT2D eigenvalue weighted by Gasteiger charge is -2.26. The predicted octanol–water partition coefficient (Wildman–Crippen LogP) is 4.78. The second-order valence-electron chi connectivity index (χ2n) is 8.97. The van der Waals surface area contributed by atoms with Crippen LogP contribution in [-0.2, 0) is 0 Å². The van der Waals surface area contributed by atoms with E-state index in [1.807, 2.05) is 25.3 Å². The van der Waals surface area contributed by atoms with Gasteiger partial charge in [-0.3, -0.25) is 4.98 Å². The van der Waals surface area contributed by atoms with Crippen LogP contribution in [0.25, 0.3) is 10.9 Å². The monoisotopic (exact) mass is 403 g/mol. The topological polar surface area (TPSA) is 68.1 Å². The maximum Gasteiger partial charge on any atom is 0.220 e. The molecular formula is C25H29N3O2. The van der Waals surface area contributed by atoms with Gasteiger partial charge in [0.15, 0.2) is 0 Å². The first-order valence-corrected chi connectivity index (χ1v) is 11.1. The summed E-state index contributed by atoms with van der Waals surface area (Å²) in [6.45, 7) is 4.84. The van der Waals surface area contributed by atoms with Gasteiger partial charge in [-0.05, 0) is 56.6 Å². The fourth-order valence-electron chi connectivity index (χ4n) is 4.97. The van der Waals surface area contributed by atoms with Gasteiger partial charge < -0.3 is 9.84 Å². The van der Waals surface area contributed by atoms with E-state index in [9.17, 15) is 5.11 Å². The number of nitrogens with zero attached hydrogens (tertiary/aromatic N) is 3. The summed E-state index contributed by atoms with van der Waals surface area (Å²) in [5.41, 5.74) is 3.32. The van der Waals surface area contributed by atoms with Crippen molar-refractivity contribution in [2.24, 2.45) is 11.8 Å². The number of aliphatic hydroxyl groups excluding tert-OH is 1. The fourth-order valence-corrected chi connectivity index (χ4v) is 4.97. The van der Waals surface area contributed by atoms with Gasteiger partial charge in [-0.15, -0.1) is 0 Å². The van der Waals surface area contributed by atoms with E-state index in [0.29, 0.717) is 30.3 Å². The molecule has 156 valence electrons. The van der Waals surface area contributed by atoms with Gasteiger partial charge in [0.1, 0.15) is 5.82 Å². The Balaban J connectivity index is 1.30. The molecule has 2 aromatic heterocycles. The van der Waals surface area contributed by atoms with E-state index in [1.165, 1.54) is 5.39 Å². The molecule has 3 atom stereocenters. The largest absolute Gasteiger partial charge is 0.477 e. The Bertz CT molecular complexity index is 1050. The zero-order valence-corrected chi connectivity index (χ0v) is 17.7. The van der Waals surface area contributed by atoms with Gasteiger partial charge in [0.25, 0.3) is 0 Å². The van der Waals surface area contributed by atoms with Crippen molar-refractivity contribution >= 4 is 10.9 Å². The second kappa shape index (κ2) is 7.95. The van der Waals surface area contributed by atoms with Crippen LogP contribution >= 0.6 is 0 Å². The summed E-state index contributed by atoms with van der Waals surface area (Å²) < 4.78 is 6.29. The summed E-state index contributed by atoms with van der Waals surface area (Å²) in [7, 11) is 0. The van der Waals surface area contributed by atoms with Gasteiger partial charge in [0, 0.05) is 34.7 Å². The molecule has 5 nitrogen and oxygen atoms in total. The summed E-state index contributed by atoms with van der Waals surface area (Å²) in [6, 6.07) is 12.6. The van der Waals surface area contributed by atoms with Crippen LogP contribution in [0, 0.1) is 18.8 Å². The minimum absolute atomic E-state index is 0.167. The summed E-state index contributed by atoms with van der Waals surface area (Å²) in [6.07, 6.45) is 5.37. The summed E-state index contributed by atoms with van der Waals surface area (Å²) in [5.74, 6) is 3.28. The van der Waals surface area contributed by atoms with Crippen molar-refractivity contribution in [3.63, 3.8) is 0 Å². The van der Waals surface area contributed by atoms with Crippen LogP contribution in [0.1, 0.15) is 61.5 Å². The highest BCUT2D eigenvalue weighted by Crippen LogP contribution is 2.53. The standard InChI is InChI=1S/C25H29N3O2/c1-15-21(24(15)23-12-9-18-5-3-4-6-22(18)28-23)14-30-25-20(13-26-16(2)27-25)17-7-10-19(29)11-8-17/h3-6,9,12-13,15,17,19,21,24,29H,7-8,10-11,14H2,1-2H3/t15-,17-,19+,21+,24-/m1/s1. The van der Waals surface area contributed by atoms with Crippen LogP contribution in [-0.4, -0.2) is 32.8 Å². The maximum absolute atomic E-state index is 9.84. The van der Waals surface area contributed by atoms with Crippen molar-refractivity contribution in [3.05, 3.63) is 59.7 Å². The predicted molar refractivity (Wildman–Crippen MR) is 117 cm³/mol. The first kappa shape index (κ1) is 19.4. The molecular weight excluding hydrogens is 374 g/mol. The number of fused-ring (bicyclic) bond motifs is 1. The number of hydrogen-bond donors (Lipinski definition) is 1. The fraction of sp³-hybridized carbons (Fsp3) is 0.480. The minimum Gasteiger partial charge on any atom is -0.477 e. The van der Waals surface area contributed by atoms with E-state index in [1.54, 1.807) is 0 Å². The molecule has 5 heteroatoms. The number of aromatic nitrogens is 3.